The van der Waals surface area contributed by atoms with Crippen LogP contribution in [0.5, 0.6) is 0 Å². The number of rotatable bonds is 12. The van der Waals surface area contributed by atoms with Gasteiger partial charge in [-0.25, -0.2) is 0 Å². The Hall–Kier alpha value is -0.100. The zero-order valence-electron chi connectivity index (χ0n) is 19.7. The van der Waals surface area contributed by atoms with E-state index in [1.807, 2.05) is 54.9 Å². The molecule has 0 aromatic heterocycles. The number of benzene rings is 1. The first kappa shape index (κ1) is 27.9. The van der Waals surface area contributed by atoms with Gasteiger partial charge < -0.3 is 0 Å². The van der Waals surface area contributed by atoms with Gasteiger partial charge >= 0.3 is 185 Å². The number of hydrogen-bond donors (Lipinski definition) is 0. The van der Waals surface area contributed by atoms with Gasteiger partial charge in [-0.1, -0.05) is 0 Å². The van der Waals surface area contributed by atoms with Crippen molar-refractivity contribution in [2.24, 2.45) is 0 Å². The van der Waals surface area contributed by atoms with E-state index in [-0.39, 0.29) is 9.79 Å². The van der Waals surface area contributed by atoms with Gasteiger partial charge in [0.1, 0.15) is 0 Å². The maximum absolute atomic E-state index is 12.9. The molecule has 30 heavy (non-hydrogen) atoms. The molecule has 0 atom stereocenters. The average molecular weight is 503 g/mol. The fraction of sp³-hybridized carbons (Fsp3) is 0.700. The van der Waals surface area contributed by atoms with Gasteiger partial charge in [-0.15, -0.1) is 0 Å². The van der Waals surface area contributed by atoms with Gasteiger partial charge in [0.05, 0.1) is 0 Å². The SMILES string of the molecule is CCP(C)(CC)(CC)OS(=O)(=O)c1ccc(S(=O)(=O)OP(C)(CC)(CC)CC)cc1. The first-order valence-corrected chi connectivity index (χ1v) is 19.8. The third-order valence-electron chi connectivity index (χ3n) is 7.42. The summed E-state index contributed by atoms with van der Waals surface area (Å²) in [5.74, 6) is 0. The quantitative estimate of drug-likeness (QED) is 0.355. The van der Waals surface area contributed by atoms with Crippen LogP contribution < -0.4 is 0 Å². The zero-order chi connectivity index (χ0) is 23.5. The molecule has 0 amide bonds. The molecule has 1 aromatic carbocycles. The van der Waals surface area contributed by atoms with Crippen LogP contribution in [0.1, 0.15) is 41.5 Å². The van der Waals surface area contributed by atoms with E-state index in [1.165, 1.54) is 24.3 Å². The Morgan fingerprint density at radius 2 is 0.767 bits per heavy atom. The average Bonchev–Trinajstić information content (AvgIpc) is 2.73. The molecule has 0 spiro atoms. The molecule has 0 N–H and O–H groups in total. The maximum atomic E-state index is 12.9. The Bertz CT molecular complexity index is 846. The second-order valence-electron chi connectivity index (χ2n) is 8.80. The second kappa shape index (κ2) is 9.03. The van der Waals surface area contributed by atoms with Crippen LogP contribution in [0.2, 0.25) is 0 Å². The van der Waals surface area contributed by atoms with Gasteiger partial charge in [-0.3, -0.25) is 0 Å². The van der Waals surface area contributed by atoms with Crippen molar-refractivity contribution in [1.82, 2.24) is 0 Å². The minimum absolute atomic E-state index is 0.0388. The van der Waals surface area contributed by atoms with Gasteiger partial charge in [0.25, 0.3) is 0 Å². The van der Waals surface area contributed by atoms with E-state index in [4.69, 9.17) is 7.94 Å². The Morgan fingerprint density at radius 3 is 0.933 bits per heavy atom. The molecule has 0 saturated heterocycles. The molecule has 0 bridgehead atoms. The molecule has 1 rings (SSSR count). The summed E-state index contributed by atoms with van der Waals surface area (Å²) in [5.41, 5.74) is 0. The van der Waals surface area contributed by atoms with Crippen LogP contribution in [0.4, 0.5) is 0 Å². The molecule has 0 fully saturated rings. The van der Waals surface area contributed by atoms with Crippen molar-refractivity contribution >= 4 is 33.9 Å². The molecule has 0 aliphatic carbocycles. The predicted octanol–water partition coefficient (Wildman–Crippen LogP) is 5.41. The monoisotopic (exact) mass is 502 g/mol. The molecule has 0 aliphatic heterocycles. The summed E-state index contributed by atoms with van der Waals surface area (Å²) in [6.07, 6.45) is 3.96. The summed E-state index contributed by atoms with van der Waals surface area (Å²) in [7, 11) is -8.01. The predicted molar refractivity (Wildman–Crippen MR) is 132 cm³/mol. The molecule has 0 aliphatic rings. The van der Waals surface area contributed by atoms with E-state index in [2.05, 4.69) is 0 Å². The summed E-state index contributed by atoms with van der Waals surface area (Å²) >= 11 is 0. The van der Waals surface area contributed by atoms with Crippen molar-refractivity contribution in [2.75, 3.05) is 50.3 Å². The molecular weight excluding hydrogens is 462 g/mol. The fourth-order valence-electron chi connectivity index (χ4n) is 3.13. The molecule has 10 heteroatoms. The van der Waals surface area contributed by atoms with E-state index >= 15 is 0 Å². The van der Waals surface area contributed by atoms with Crippen molar-refractivity contribution in [2.45, 2.75) is 51.3 Å². The van der Waals surface area contributed by atoms with Crippen LogP contribution in [0.15, 0.2) is 34.1 Å². The summed E-state index contributed by atoms with van der Waals surface area (Å²) in [6.45, 7) is 9.93. The summed E-state index contributed by atoms with van der Waals surface area (Å²) in [4.78, 5) is -0.0776. The van der Waals surface area contributed by atoms with Crippen LogP contribution in [-0.2, 0) is 28.2 Å². The standard InChI is InChI=1S/C20H40O6P2S2/c1-9-27(7,10-2,11-3)25-29(21,22)19-15-17-20(18-16-19)30(23,24)26-28(8,12-4,13-5)14-6/h15-18H,9-14H2,1-8H3. The molecule has 6 nitrogen and oxygen atoms in total. The molecule has 0 heterocycles. The third kappa shape index (κ3) is 5.63. The topological polar surface area (TPSA) is 86.7 Å². The van der Waals surface area contributed by atoms with Gasteiger partial charge in [0.15, 0.2) is 0 Å². The molecular formula is C20H40O6P2S2. The Morgan fingerprint density at radius 1 is 0.567 bits per heavy atom. The summed E-state index contributed by atoms with van der Waals surface area (Å²) in [6, 6.07) is 5.18. The molecule has 0 radical (unpaired) electrons. The van der Waals surface area contributed by atoms with E-state index in [0.29, 0.717) is 37.0 Å². The Kier molecular flexibility index (Phi) is 8.41. The summed E-state index contributed by atoms with van der Waals surface area (Å²) in [5, 5.41) is 0. The zero-order valence-corrected chi connectivity index (χ0v) is 23.1. The third-order valence-corrected chi connectivity index (χ3v) is 25.1. The Labute approximate surface area is 184 Å². The minimum atomic E-state index is -4.01. The van der Waals surface area contributed by atoms with Crippen molar-refractivity contribution in [3.05, 3.63) is 24.3 Å². The van der Waals surface area contributed by atoms with E-state index in [1.54, 1.807) is 0 Å². The van der Waals surface area contributed by atoms with Crippen LogP contribution in [0.3, 0.4) is 0 Å². The van der Waals surface area contributed by atoms with E-state index in [9.17, 15) is 16.8 Å². The molecule has 1 aromatic rings. The molecule has 178 valence electrons. The molecule has 0 unspecified atom stereocenters. The van der Waals surface area contributed by atoms with Crippen LogP contribution in [0, 0.1) is 0 Å². The number of hydrogen-bond acceptors (Lipinski definition) is 6. The van der Waals surface area contributed by atoms with Gasteiger partial charge in [-0.05, 0) is 0 Å². The van der Waals surface area contributed by atoms with Crippen LogP contribution in [-0.4, -0.2) is 67.1 Å². The van der Waals surface area contributed by atoms with E-state index < -0.39 is 33.9 Å². The van der Waals surface area contributed by atoms with Gasteiger partial charge in [0.2, 0.25) is 0 Å². The van der Waals surface area contributed by atoms with Gasteiger partial charge in [-0.2, -0.15) is 0 Å². The van der Waals surface area contributed by atoms with Crippen molar-refractivity contribution in [3.63, 3.8) is 0 Å². The first-order valence-electron chi connectivity index (χ1n) is 10.6. The van der Waals surface area contributed by atoms with Crippen LogP contribution >= 0.6 is 13.7 Å². The fourth-order valence-corrected chi connectivity index (χ4v) is 14.9. The van der Waals surface area contributed by atoms with Gasteiger partial charge in [0, 0.05) is 0 Å². The van der Waals surface area contributed by atoms with Crippen molar-refractivity contribution in [3.8, 4) is 0 Å². The molecule has 0 saturated carbocycles. The second-order valence-corrected chi connectivity index (χ2v) is 25.3. The summed E-state index contributed by atoms with van der Waals surface area (Å²) < 4.78 is 63.5. The Balaban J connectivity index is 3.31. The van der Waals surface area contributed by atoms with Crippen molar-refractivity contribution < 1.29 is 24.8 Å². The van der Waals surface area contributed by atoms with Crippen molar-refractivity contribution in [1.29, 1.82) is 0 Å². The first-order chi connectivity index (χ1) is 13.6. The van der Waals surface area contributed by atoms with Crippen LogP contribution in [0.25, 0.3) is 0 Å². The van der Waals surface area contributed by atoms with E-state index in [0.717, 1.165) is 0 Å². The normalized spacial score (nSPS) is 16.4.